The average molecular weight is 431 g/mol. The maximum atomic E-state index is 12.1. The van der Waals surface area contributed by atoms with Crippen LogP contribution < -0.4 is 15.4 Å². The van der Waals surface area contributed by atoms with Gasteiger partial charge in [-0.3, -0.25) is 0 Å². The molecule has 0 aliphatic carbocycles. The summed E-state index contributed by atoms with van der Waals surface area (Å²) in [7, 11) is 1.50. The van der Waals surface area contributed by atoms with Gasteiger partial charge in [0, 0.05) is 32.5 Å². The third-order valence-corrected chi connectivity index (χ3v) is 3.93. The zero-order valence-electron chi connectivity index (χ0n) is 11.6. The summed E-state index contributed by atoms with van der Waals surface area (Å²) >= 11 is 6.69. The topological polar surface area (TPSA) is 83.5 Å². The minimum Gasteiger partial charge on any atom is -0.481 e. The summed E-state index contributed by atoms with van der Waals surface area (Å²) in [6, 6.07) is 6.31. The lowest BCUT2D eigenvalue weighted by molar-refractivity contribution is 0.262. The summed E-state index contributed by atoms with van der Waals surface area (Å²) < 4.78 is 6.47. The molecule has 0 fully saturated rings. The van der Waals surface area contributed by atoms with E-state index in [1.807, 2.05) is 0 Å². The Hall–Kier alpha value is -1.64. The average Bonchev–Trinajstić information content (AvgIpc) is 2.47. The molecule has 0 saturated heterocycles. The fourth-order valence-corrected chi connectivity index (χ4v) is 3.11. The Morgan fingerprint density at radius 3 is 2.77 bits per heavy atom. The highest BCUT2D eigenvalue weighted by Gasteiger charge is 2.11. The zero-order chi connectivity index (χ0) is 16.1. The number of urea groups is 1. The summed E-state index contributed by atoms with van der Waals surface area (Å²) in [4.78, 5) is 16.0. The summed E-state index contributed by atoms with van der Waals surface area (Å²) in [6.07, 6.45) is 1.53. The highest BCUT2D eigenvalue weighted by atomic mass is 79.9. The monoisotopic (exact) mass is 429 g/mol. The fraction of sp³-hybridized carbons (Fsp3) is 0.143. The lowest BCUT2D eigenvalue weighted by atomic mass is 10.2. The number of aliphatic hydroxyl groups excluding tert-OH is 1. The van der Waals surface area contributed by atoms with E-state index in [0.29, 0.717) is 27.3 Å². The summed E-state index contributed by atoms with van der Waals surface area (Å²) in [6.45, 7) is -0.202. The number of aromatic nitrogens is 1. The quantitative estimate of drug-likeness (QED) is 0.689. The number of anilines is 2. The molecule has 0 bridgehead atoms. The van der Waals surface area contributed by atoms with Crippen molar-refractivity contribution >= 4 is 49.3 Å². The minimum atomic E-state index is -0.437. The van der Waals surface area contributed by atoms with Gasteiger partial charge in [-0.25, -0.2) is 9.78 Å². The van der Waals surface area contributed by atoms with E-state index >= 15 is 0 Å². The molecule has 0 atom stereocenters. The first-order valence-corrected chi connectivity index (χ1v) is 7.79. The number of rotatable bonds is 4. The van der Waals surface area contributed by atoms with E-state index in [4.69, 9.17) is 4.74 Å². The molecule has 22 heavy (non-hydrogen) atoms. The predicted octanol–water partition coefficient (Wildman–Crippen LogP) is 3.75. The van der Waals surface area contributed by atoms with Crippen molar-refractivity contribution in [3.8, 4) is 5.88 Å². The van der Waals surface area contributed by atoms with Gasteiger partial charge in [0.05, 0.1) is 19.4 Å². The first kappa shape index (κ1) is 16.7. The third kappa shape index (κ3) is 4.19. The van der Waals surface area contributed by atoms with Crippen LogP contribution in [0.3, 0.4) is 0 Å². The van der Waals surface area contributed by atoms with Gasteiger partial charge in [-0.2, -0.15) is 0 Å². The maximum Gasteiger partial charge on any atom is 0.323 e. The van der Waals surface area contributed by atoms with Crippen LogP contribution in [-0.4, -0.2) is 23.2 Å². The van der Waals surface area contributed by atoms with Crippen LogP contribution in [0, 0.1) is 0 Å². The van der Waals surface area contributed by atoms with Crippen molar-refractivity contribution in [2.24, 2.45) is 0 Å². The molecule has 1 heterocycles. The van der Waals surface area contributed by atoms with Gasteiger partial charge in [-0.1, -0.05) is 31.9 Å². The molecule has 8 heteroatoms. The number of carbonyl (C=O) groups is 1. The predicted molar refractivity (Wildman–Crippen MR) is 91.2 cm³/mol. The molecule has 2 rings (SSSR count). The molecule has 116 valence electrons. The van der Waals surface area contributed by atoms with Crippen LogP contribution in [0.15, 0.2) is 39.4 Å². The number of methoxy groups -OCH3 is 1. The Bertz CT molecular complexity index is 695. The normalized spacial score (nSPS) is 10.2. The molecule has 0 spiro atoms. The van der Waals surface area contributed by atoms with E-state index in [-0.39, 0.29) is 6.61 Å². The van der Waals surface area contributed by atoms with Crippen molar-refractivity contribution in [2.75, 3.05) is 17.7 Å². The molecule has 0 aliphatic rings. The van der Waals surface area contributed by atoms with Gasteiger partial charge in [-0.15, -0.1) is 0 Å². The van der Waals surface area contributed by atoms with Crippen molar-refractivity contribution in [2.45, 2.75) is 6.61 Å². The molecule has 0 saturated carbocycles. The first-order chi connectivity index (χ1) is 10.5. The van der Waals surface area contributed by atoms with E-state index in [9.17, 15) is 9.90 Å². The summed E-state index contributed by atoms with van der Waals surface area (Å²) in [5, 5.41) is 14.8. The van der Waals surface area contributed by atoms with Crippen LogP contribution in [-0.2, 0) is 6.61 Å². The van der Waals surface area contributed by atoms with E-state index in [1.54, 1.807) is 24.3 Å². The van der Waals surface area contributed by atoms with Crippen molar-refractivity contribution < 1.29 is 14.6 Å². The first-order valence-electron chi connectivity index (χ1n) is 6.20. The molecule has 1 aromatic carbocycles. The van der Waals surface area contributed by atoms with E-state index in [2.05, 4.69) is 47.5 Å². The molecular formula is C14H13Br2N3O3. The number of pyridine rings is 1. The molecule has 0 radical (unpaired) electrons. The van der Waals surface area contributed by atoms with Crippen molar-refractivity contribution in [1.29, 1.82) is 0 Å². The Morgan fingerprint density at radius 1 is 1.32 bits per heavy atom. The van der Waals surface area contributed by atoms with Crippen molar-refractivity contribution in [3.05, 3.63) is 45.0 Å². The van der Waals surface area contributed by atoms with Gasteiger partial charge >= 0.3 is 6.03 Å². The Morgan fingerprint density at radius 2 is 2.09 bits per heavy atom. The molecule has 2 amide bonds. The number of nitrogens with zero attached hydrogens (tertiary/aromatic N) is 1. The SMILES string of the molecule is COc1cc(NC(=O)Nc2cc(Br)cc(Br)c2CO)ccn1. The highest BCUT2D eigenvalue weighted by molar-refractivity contribution is 9.11. The Balaban J connectivity index is 2.15. The van der Waals surface area contributed by atoms with Crippen molar-refractivity contribution in [3.63, 3.8) is 0 Å². The summed E-state index contributed by atoms with van der Waals surface area (Å²) in [5.74, 6) is 0.402. The third-order valence-electron chi connectivity index (χ3n) is 2.77. The highest BCUT2D eigenvalue weighted by Crippen LogP contribution is 2.30. The van der Waals surface area contributed by atoms with Crippen LogP contribution >= 0.6 is 31.9 Å². The lowest BCUT2D eigenvalue weighted by Crippen LogP contribution is -2.20. The van der Waals surface area contributed by atoms with E-state index in [0.717, 1.165) is 4.47 Å². The van der Waals surface area contributed by atoms with E-state index < -0.39 is 6.03 Å². The molecule has 0 unspecified atom stereocenters. The van der Waals surface area contributed by atoms with Gasteiger partial charge in [0.15, 0.2) is 0 Å². The number of benzene rings is 1. The zero-order valence-corrected chi connectivity index (χ0v) is 14.7. The van der Waals surface area contributed by atoms with Crippen LogP contribution in [0.2, 0.25) is 0 Å². The smallest absolute Gasteiger partial charge is 0.323 e. The molecule has 3 N–H and O–H groups in total. The number of aliphatic hydroxyl groups is 1. The number of nitrogens with one attached hydrogen (secondary N) is 2. The molecule has 1 aromatic heterocycles. The number of halogens is 2. The molecule has 2 aromatic rings. The standard InChI is InChI=1S/C14H13Br2N3O3/c1-22-13-6-9(2-3-17-13)18-14(21)19-12-5-8(15)4-11(16)10(12)7-20/h2-6,20H,7H2,1H3,(H2,17,18,19,21). The van der Waals surface area contributed by atoms with Crippen LogP contribution in [0.25, 0.3) is 0 Å². The lowest BCUT2D eigenvalue weighted by Gasteiger charge is -2.13. The van der Waals surface area contributed by atoms with Crippen LogP contribution in [0.5, 0.6) is 5.88 Å². The second-order valence-corrected chi connectivity index (χ2v) is 6.01. The number of amides is 2. The minimum absolute atomic E-state index is 0.202. The van der Waals surface area contributed by atoms with Gasteiger partial charge in [-0.05, 0) is 18.2 Å². The second-order valence-electron chi connectivity index (χ2n) is 4.24. The fourth-order valence-electron chi connectivity index (χ4n) is 1.76. The number of ether oxygens (including phenoxy) is 1. The van der Waals surface area contributed by atoms with Gasteiger partial charge in [0.25, 0.3) is 0 Å². The Labute approximate surface area is 144 Å². The number of hydrogen-bond donors (Lipinski definition) is 3. The Kier molecular flexibility index (Phi) is 5.76. The largest absolute Gasteiger partial charge is 0.481 e. The van der Waals surface area contributed by atoms with Gasteiger partial charge < -0.3 is 20.5 Å². The van der Waals surface area contributed by atoms with Crippen LogP contribution in [0.1, 0.15) is 5.56 Å². The molecular weight excluding hydrogens is 418 g/mol. The number of carbonyl (C=O) groups excluding carboxylic acids is 1. The van der Waals surface area contributed by atoms with Gasteiger partial charge in [0.1, 0.15) is 0 Å². The number of hydrogen-bond acceptors (Lipinski definition) is 4. The molecule has 0 aliphatic heterocycles. The van der Waals surface area contributed by atoms with Crippen LogP contribution in [0.4, 0.5) is 16.2 Å². The maximum absolute atomic E-state index is 12.1. The van der Waals surface area contributed by atoms with Crippen molar-refractivity contribution in [1.82, 2.24) is 4.98 Å². The summed E-state index contributed by atoms with van der Waals surface area (Å²) in [5.41, 5.74) is 1.64. The van der Waals surface area contributed by atoms with Gasteiger partial charge in [0.2, 0.25) is 5.88 Å². The molecule has 6 nitrogen and oxygen atoms in total. The second kappa shape index (κ2) is 7.57. The van der Waals surface area contributed by atoms with E-state index in [1.165, 1.54) is 13.3 Å².